The molecule has 162 valence electrons. The number of nitrogens with zero attached hydrogens (tertiary/aromatic N) is 1. The van der Waals surface area contributed by atoms with E-state index in [1.54, 1.807) is 24.3 Å². The van der Waals surface area contributed by atoms with Gasteiger partial charge in [0.1, 0.15) is 28.0 Å². The van der Waals surface area contributed by atoms with Crippen LogP contribution in [0.25, 0.3) is 6.08 Å². The summed E-state index contributed by atoms with van der Waals surface area (Å²) in [5.74, 6) is 0.0211. The molecule has 0 saturated heterocycles. The topological polar surface area (TPSA) is 105 Å². The zero-order valence-electron chi connectivity index (χ0n) is 16.8. The van der Waals surface area contributed by atoms with Crippen LogP contribution in [0.15, 0.2) is 83.3 Å². The summed E-state index contributed by atoms with van der Waals surface area (Å²) in [5, 5.41) is 12.5. The normalized spacial score (nSPS) is 11.3. The van der Waals surface area contributed by atoms with Crippen LogP contribution in [0.5, 0.6) is 11.5 Å². The van der Waals surface area contributed by atoms with Crippen LogP contribution in [0.2, 0.25) is 5.02 Å². The number of nitrogens with one attached hydrogen (secondary N) is 1. The second kappa shape index (κ2) is 10.0. The SMILES string of the molecule is COc1ccc(S(=O)(=O)Oc2ccc(/C=C(\C#N)C(=O)Nc3ccc(Cl)cc3)cc2)cc1. The number of amides is 1. The van der Waals surface area contributed by atoms with E-state index in [2.05, 4.69) is 5.32 Å². The van der Waals surface area contributed by atoms with E-state index in [0.29, 0.717) is 22.0 Å². The monoisotopic (exact) mass is 468 g/mol. The maximum atomic E-state index is 12.4. The van der Waals surface area contributed by atoms with Crippen molar-refractivity contribution in [3.63, 3.8) is 0 Å². The molecule has 0 aliphatic rings. The van der Waals surface area contributed by atoms with Gasteiger partial charge in [-0.05, 0) is 72.3 Å². The Morgan fingerprint density at radius 3 is 2.12 bits per heavy atom. The Bertz CT molecular complexity index is 1280. The minimum atomic E-state index is -4.03. The molecule has 1 amide bonds. The van der Waals surface area contributed by atoms with Crippen molar-refractivity contribution in [1.29, 1.82) is 5.26 Å². The van der Waals surface area contributed by atoms with Crippen LogP contribution in [0.4, 0.5) is 5.69 Å². The lowest BCUT2D eigenvalue weighted by molar-refractivity contribution is -0.112. The summed E-state index contributed by atoms with van der Waals surface area (Å²) in [6.07, 6.45) is 1.38. The smallest absolute Gasteiger partial charge is 0.339 e. The van der Waals surface area contributed by atoms with Crippen molar-refractivity contribution in [2.75, 3.05) is 12.4 Å². The number of carbonyl (C=O) groups is 1. The average Bonchev–Trinajstić information content (AvgIpc) is 2.79. The quantitative estimate of drug-likeness (QED) is 0.307. The molecule has 0 radical (unpaired) electrons. The van der Waals surface area contributed by atoms with E-state index in [0.717, 1.165) is 0 Å². The third-order valence-corrected chi connectivity index (χ3v) is 5.73. The summed E-state index contributed by atoms with van der Waals surface area (Å²) in [4.78, 5) is 12.3. The average molecular weight is 469 g/mol. The Balaban J connectivity index is 1.71. The number of methoxy groups -OCH3 is 1. The van der Waals surface area contributed by atoms with Crippen molar-refractivity contribution in [3.05, 3.63) is 89.0 Å². The second-order valence-corrected chi connectivity index (χ2v) is 8.40. The van der Waals surface area contributed by atoms with Gasteiger partial charge in [0.2, 0.25) is 0 Å². The maximum Gasteiger partial charge on any atom is 0.339 e. The summed E-state index contributed by atoms with van der Waals surface area (Å²) < 4.78 is 35.0. The molecule has 0 heterocycles. The molecule has 0 bridgehead atoms. The molecule has 1 N–H and O–H groups in total. The van der Waals surface area contributed by atoms with E-state index >= 15 is 0 Å². The van der Waals surface area contributed by atoms with Gasteiger partial charge in [0, 0.05) is 10.7 Å². The fourth-order valence-electron chi connectivity index (χ4n) is 2.58. The van der Waals surface area contributed by atoms with Gasteiger partial charge >= 0.3 is 10.1 Å². The van der Waals surface area contributed by atoms with Crippen LogP contribution in [-0.4, -0.2) is 21.4 Å². The van der Waals surface area contributed by atoms with Gasteiger partial charge in [-0.2, -0.15) is 13.7 Å². The van der Waals surface area contributed by atoms with Gasteiger partial charge in [-0.25, -0.2) is 0 Å². The van der Waals surface area contributed by atoms with Crippen LogP contribution in [0, 0.1) is 11.3 Å². The Morgan fingerprint density at radius 2 is 1.56 bits per heavy atom. The fraction of sp³-hybridized carbons (Fsp3) is 0.0435. The van der Waals surface area contributed by atoms with Crippen molar-refractivity contribution in [1.82, 2.24) is 0 Å². The minimum Gasteiger partial charge on any atom is -0.497 e. The standard InChI is InChI=1S/C23H17ClN2O5S/c1-30-20-10-12-22(13-11-20)32(28,29)31-21-8-2-16(3-9-21)14-17(15-25)23(27)26-19-6-4-18(24)5-7-19/h2-14H,1H3,(H,26,27)/b17-14+. The zero-order chi connectivity index (χ0) is 23.1. The summed E-state index contributed by atoms with van der Waals surface area (Å²) in [6.45, 7) is 0. The molecule has 0 unspecified atom stereocenters. The molecule has 3 aromatic rings. The van der Waals surface area contributed by atoms with Crippen molar-refractivity contribution >= 4 is 39.4 Å². The third-order valence-electron chi connectivity index (χ3n) is 4.21. The van der Waals surface area contributed by atoms with E-state index in [9.17, 15) is 18.5 Å². The van der Waals surface area contributed by atoms with E-state index < -0.39 is 16.0 Å². The molecule has 3 aromatic carbocycles. The Morgan fingerprint density at radius 1 is 0.969 bits per heavy atom. The highest BCUT2D eigenvalue weighted by Crippen LogP contribution is 2.22. The second-order valence-electron chi connectivity index (χ2n) is 6.41. The third kappa shape index (κ3) is 5.88. The molecule has 0 saturated carbocycles. The Labute approximate surface area is 190 Å². The van der Waals surface area contributed by atoms with Crippen LogP contribution in [0.1, 0.15) is 5.56 Å². The highest BCUT2D eigenvalue weighted by molar-refractivity contribution is 7.87. The number of hydrogen-bond donors (Lipinski definition) is 1. The van der Waals surface area contributed by atoms with Crippen molar-refractivity contribution in [3.8, 4) is 17.6 Å². The first-order chi connectivity index (χ1) is 15.3. The summed E-state index contributed by atoms with van der Waals surface area (Å²) in [7, 11) is -2.55. The van der Waals surface area contributed by atoms with Crippen LogP contribution in [0.3, 0.4) is 0 Å². The van der Waals surface area contributed by atoms with Gasteiger partial charge < -0.3 is 14.2 Å². The van der Waals surface area contributed by atoms with Gasteiger partial charge in [0.05, 0.1) is 7.11 Å². The molecule has 3 rings (SSSR count). The molecule has 0 aliphatic heterocycles. The lowest BCUT2D eigenvalue weighted by Crippen LogP contribution is -2.13. The number of carbonyl (C=O) groups excluding carboxylic acids is 1. The van der Waals surface area contributed by atoms with E-state index in [1.807, 2.05) is 6.07 Å². The Kier molecular flexibility index (Phi) is 7.15. The molecule has 0 aromatic heterocycles. The van der Waals surface area contributed by atoms with Crippen LogP contribution >= 0.6 is 11.6 Å². The molecule has 0 aliphatic carbocycles. The van der Waals surface area contributed by atoms with Crippen LogP contribution < -0.4 is 14.2 Å². The predicted molar refractivity (Wildman–Crippen MR) is 121 cm³/mol. The molecular weight excluding hydrogens is 452 g/mol. The predicted octanol–water partition coefficient (Wildman–Crippen LogP) is 4.66. The molecule has 32 heavy (non-hydrogen) atoms. The van der Waals surface area contributed by atoms with Crippen LogP contribution in [-0.2, 0) is 14.9 Å². The number of anilines is 1. The van der Waals surface area contributed by atoms with E-state index in [1.165, 1.54) is 61.7 Å². The van der Waals surface area contributed by atoms with Crippen molar-refractivity contribution < 1.29 is 22.1 Å². The first-order valence-corrected chi connectivity index (χ1v) is 11.0. The first kappa shape index (κ1) is 22.9. The first-order valence-electron chi connectivity index (χ1n) is 9.18. The largest absolute Gasteiger partial charge is 0.497 e. The van der Waals surface area contributed by atoms with E-state index in [-0.39, 0.29) is 16.2 Å². The van der Waals surface area contributed by atoms with Gasteiger partial charge in [-0.15, -0.1) is 0 Å². The van der Waals surface area contributed by atoms with Gasteiger partial charge in [0.25, 0.3) is 5.91 Å². The molecule has 7 nitrogen and oxygen atoms in total. The van der Waals surface area contributed by atoms with Gasteiger partial charge in [-0.3, -0.25) is 4.79 Å². The summed E-state index contributed by atoms with van der Waals surface area (Å²) >= 11 is 5.82. The van der Waals surface area contributed by atoms with Crippen molar-refractivity contribution in [2.45, 2.75) is 4.90 Å². The molecule has 0 atom stereocenters. The van der Waals surface area contributed by atoms with Gasteiger partial charge in [0.15, 0.2) is 0 Å². The summed E-state index contributed by atoms with van der Waals surface area (Å²) in [6, 6.07) is 20.0. The number of halogens is 1. The minimum absolute atomic E-state index is 0.0205. The number of nitriles is 1. The number of ether oxygens (including phenoxy) is 1. The van der Waals surface area contributed by atoms with Crippen molar-refractivity contribution in [2.24, 2.45) is 0 Å². The highest BCUT2D eigenvalue weighted by Gasteiger charge is 2.17. The summed E-state index contributed by atoms with van der Waals surface area (Å²) in [5.41, 5.74) is 0.884. The highest BCUT2D eigenvalue weighted by atomic mass is 35.5. The lowest BCUT2D eigenvalue weighted by atomic mass is 10.1. The van der Waals surface area contributed by atoms with E-state index in [4.69, 9.17) is 20.5 Å². The number of rotatable bonds is 7. The lowest BCUT2D eigenvalue weighted by Gasteiger charge is -2.08. The number of hydrogen-bond acceptors (Lipinski definition) is 6. The zero-order valence-corrected chi connectivity index (χ0v) is 18.4. The molecular formula is C23H17ClN2O5S. The molecule has 9 heteroatoms. The number of benzene rings is 3. The molecule has 0 fully saturated rings. The fourth-order valence-corrected chi connectivity index (χ4v) is 3.64. The Hall–Kier alpha value is -3.80. The molecule has 0 spiro atoms. The van der Waals surface area contributed by atoms with Gasteiger partial charge in [-0.1, -0.05) is 23.7 Å². The maximum absolute atomic E-state index is 12.4.